The molecule has 0 aliphatic carbocycles. The maximum atomic E-state index is 11.6. The Labute approximate surface area is 126 Å². The van der Waals surface area contributed by atoms with Gasteiger partial charge < -0.3 is 10.2 Å². The zero-order valence-electron chi connectivity index (χ0n) is 10.8. The summed E-state index contributed by atoms with van der Waals surface area (Å²) >= 11 is 0. The van der Waals surface area contributed by atoms with Crippen LogP contribution in [-0.4, -0.2) is 69.1 Å². The fraction of sp³-hybridized carbons (Fsp3) is 0.900. The standard InChI is InChI=1S/C10H20N4O2S.HI/c1-13-7-5-11-10(13)12-8-9-4-3-6-14(9)17(2,15)16;/h9H,3-8H2,1-2H3,(H,11,12);1H/t9-;/m1./s1. The van der Waals surface area contributed by atoms with E-state index in [-0.39, 0.29) is 30.0 Å². The van der Waals surface area contributed by atoms with Crippen LogP contribution >= 0.6 is 24.0 Å². The van der Waals surface area contributed by atoms with Crippen molar-refractivity contribution in [3.63, 3.8) is 0 Å². The highest BCUT2D eigenvalue weighted by molar-refractivity contribution is 14.0. The normalized spacial score (nSPS) is 24.9. The average Bonchev–Trinajstić information content (AvgIpc) is 2.82. The Kier molecular flexibility index (Phi) is 5.66. The molecule has 0 aromatic carbocycles. The van der Waals surface area contributed by atoms with Gasteiger partial charge in [0.25, 0.3) is 0 Å². The van der Waals surface area contributed by atoms with Crippen LogP contribution in [0.5, 0.6) is 0 Å². The molecular formula is C10H21IN4O2S. The molecule has 2 aliphatic heterocycles. The monoisotopic (exact) mass is 388 g/mol. The summed E-state index contributed by atoms with van der Waals surface area (Å²) in [7, 11) is -1.08. The number of rotatable bonds is 3. The summed E-state index contributed by atoms with van der Waals surface area (Å²) in [6.45, 7) is 3.05. The number of halogens is 1. The van der Waals surface area contributed by atoms with E-state index in [0.717, 1.165) is 31.9 Å². The van der Waals surface area contributed by atoms with Gasteiger partial charge in [-0.1, -0.05) is 0 Å². The molecule has 1 atom stereocenters. The van der Waals surface area contributed by atoms with Crippen molar-refractivity contribution in [1.82, 2.24) is 14.5 Å². The lowest BCUT2D eigenvalue weighted by Gasteiger charge is -2.24. The number of aliphatic imine (C=N–C) groups is 1. The summed E-state index contributed by atoms with van der Waals surface area (Å²) in [4.78, 5) is 6.38. The zero-order chi connectivity index (χ0) is 12.5. The van der Waals surface area contributed by atoms with E-state index in [2.05, 4.69) is 15.2 Å². The number of hydrogen-bond donors (Lipinski definition) is 1. The van der Waals surface area contributed by atoms with Gasteiger partial charge in [-0.05, 0) is 12.8 Å². The molecule has 2 aliphatic rings. The van der Waals surface area contributed by atoms with Crippen LogP contribution in [0.2, 0.25) is 0 Å². The minimum absolute atomic E-state index is 0. The minimum atomic E-state index is -3.07. The van der Waals surface area contributed by atoms with E-state index in [0.29, 0.717) is 13.1 Å². The molecule has 0 aromatic heterocycles. The summed E-state index contributed by atoms with van der Waals surface area (Å²) in [5.74, 6) is 0.880. The van der Waals surface area contributed by atoms with E-state index in [1.165, 1.54) is 6.26 Å². The molecule has 0 unspecified atom stereocenters. The van der Waals surface area contributed by atoms with E-state index in [1.807, 2.05) is 7.05 Å². The van der Waals surface area contributed by atoms with Crippen LogP contribution < -0.4 is 5.32 Å². The van der Waals surface area contributed by atoms with Gasteiger partial charge in [-0.2, -0.15) is 4.31 Å². The molecule has 1 fully saturated rings. The molecule has 0 radical (unpaired) electrons. The highest BCUT2D eigenvalue weighted by Crippen LogP contribution is 2.19. The lowest BCUT2D eigenvalue weighted by molar-refractivity contribution is 0.384. The third-order valence-corrected chi connectivity index (χ3v) is 4.64. The van der Waals surface area contributed by atoms with Crippen molar-refractivity contribution in [3.05, 3.63) is 0 Å². The van der Waals surface area contributed by atoms with E-state index in [9.17, 15) is 8.42 Å². The van der Waals surface area contributed by atoms with Gasteiger partial charge in [0.2, 0.25) is 10.0 Å². The summed E-state index contributed by atoms with van der Waals surface area (Å²) in [6, 6.07) is 0.0710. The van der Waals surface area contributed by atoms with Crippen molar-refractivity contribution in [2.24, 2.45) is 4.99 Å². The number of nitrogens with one attached hydrogen (secondary N) is 1. The second-order valence-electron chi connectivity index (χ2n) is 4.68. The number of guanidine groups is 1. The van der Waals surface area contributed by atoms with E-state index < -0.39 is 10.0 Å². The Hall–Kier alpha value is -0.0900. The third-order valence-electron chi connectivity index (χ3n) is 3.30. The molecular weight excluding hydrogens is 367 g/mol. The van der Waals surface area contributed by atoms with Crippen molar-refractivity contribution in [2.75, 3.05) is 39.5 Å². The second-order valence-corrected chi connectivity index (χ2v) is 6.61. The molecule has 0 spiro atoms. The van der Waals surface area contributed by atoms with Crippen molar-refractivity contribution >= 4 is 40.0 Å². The molecule has 2 heterocycles. The van der Waals surface area contributed by atoms with Crippen molar-refractivity contribution < 1.29 is 8.42 Å². The zero-order valence-corrected chi connectivity index (χ0v) is 13.9. The fourth-order valence-corrected chi connectivity index (χ4v) is 3.56. The second kappa shape index (κ2) is 6.38. The van der Waals surface area contributed by atoms with Gasteiger partial charge in [0.1, 0.15) is 0 Å². The fourth-order valence-electron chi connectivity index (χ4n) is 2.38. The largest absolute Gasteiger partial charge is 0.355 e. The quantitative estimate of drug-likeness (QED) is 0.687. The molecule has 8 heteroatoms. The maximum absolute atomic E-state index is 11.6. The summed E-state index contributed by atoms with van der Waals surface area (Å²) in [5.41, 5.74) is 0. The molecule has 1 saturated heterocycles. The number of hydrogen-bond acceptors (Lipinski definition) is 5. The van der Waals surface area contributed by atoms with Gasteiger partial charge in [0, 0.05) is 32.7 Å². The van der Waals surface area contributed by atoms with Gasteiger partial charge in [0.15, 0.2) is 5.96 Å². The third kappa shape index (κ3) is 3.70. The Morgan fingerprint density at radius 1 is 1.44 bits per heavy atom. The first kappa shape index (κ1) is 16.0. The number of sulfonamides is 1. The highest BCUT2D eigenvalue weighted by atomic mass is 127. The molecule has 2 rings (SSSR count). The number of likely N-dealkylation sites (N-methyl/N-ethyl adjacent to an activating group) is 1. The maximum Gasteiger partial charge on any atom is 0.211 e. The van der Waals surface area contributed by atoms with Crippen LogP contribution in [0, 0.1) is 0 Å². The molecule has 0 amide bonds. The highest BCUT2D eigenvalue weighted by Gasteiger charge is 2.31. The van der Waals surface area contributed by atoms with Crippen LogP contribution in [-0.2, 0) is 10.0 Å². The number of nitrogens with zero attached hydrogens (tertiary/aromatic N) is 3. The minimum Gasteiger partial charge on any atom is -0.355 e. The first-order valence-electron chi connectivity index (χ1n) is 5.95. The Morgan fingerprint density at radius 2 is 2.17 bits per heavy atom. The Balaban J connectivity index is 0.00000162. The molecule has 0 saturated carbocycles. The molecule has 18 heavy (non-hydrogen) atoms. The molecule has 1 N–H and O–H groups in total. The first-order valence-corrected chi connectivity index (χ1v) is 7.79. The van der Waals surface area contributed by atoms with Crippen molar-refractivity contribution in [3.8, 4) is 0 Å². The van der Waals surface area contributed by atoms with Crippen LogP contribution in [0.3, 0.4) is 0 Å². The van der Waals surface area contributed by atoms with E-state index in [4.69, 9.17) is 0 Å². The average molecular weight is 388 g/mol. The van der Waals surface area contributed by atoms with Crippen molar-refractivity contribution in [2.45, 2.75) is 18.9 Å². The SMILES string of the molecule is CN1CCN=C1NC[C@H]1CCCN1S(C)(=O)=O.I. The van der Waals surface area contributed by atoms with Crippen molar-refractivity contribution in [1.29, 1.82) is 0 Å². The molecule has 0 bridgehead atoms. The van der Waals surface area contributed by atoms with Crippen LogP contribution in [0.4, 0.5) is 0 Å². The van der Waals surface area contributed by atoms with E-state index >= 15 is 0 Å². The molecule has 0 aromatic rings. The first-order chi connectivity index (χ1) is 7.98. The topological polar surface area (TPSA) is 65.0 Å². The van der Waals surface area contributed by atoms with Gasteiger partial charge in [-0.15, -0.1) is 24.0 Å². The van der Waals surface area contributed by atoms with Crippen LogP contribution in [0.15, 0.2) is 4.99 Å². The summed E-state index contributed by atoms with van der Waals surface area (Å²) < 4.78 is 24.7. The summed E-state index contributed by atoms with van der Waals surface area (Å²) in [5, 5.41) is 3.25. The van der Waals surface area contributed by atoms with Crippen LogP contribution in [0.1, 0.15) is 12.8 Å². The van der Waals surface area contributed by atoms with Gasteiger partial charge in [-0.25, -0.2) is 8.42 Å². The van der Waals surface area contributed by atoms with Gasteiger partial charge >= 0.3 is 0 Å². The predicted octanol–water partition coefficient (Wildman–Crippen LogP) is -0.0806. The molecule has 6 nitrogen and oxygen atoms in total. The lowest BCUT2D eigenvalue weighted by atomic mass is 10.2. The Bertz CT molecular complexity index is 412. The van der Waals surface area contributed by atoms with Crippen LogP contribution in [0.25, 0.3) is 0 Å². The van der Waals surface area contributed by atoms with Gasteiger partial charge in [-0.3, -0.25) is 4.99 Å². The Morgan fingerprint density at radius 3 is 2.72 bits per heavy atom. The lowest BCUT2D eigenvalue weighted by Crippen LogP contribution is -2.45. The summed E-state index contributed by atoms with van der Waals surface area (Å²) in [6.07, 6.45) is 3.16. The van der Waals surface area contributed by atoms with E-state index in [1.54, 1.807) is 4.31 Å². The molecule has 106 valence electrons. The smallest absolute Gasteiger partial charge is 0.211 e. The predicted molar refractivity (Wildman–Crippen MR) is 82.9 cm³/mol. The van der Waals surface area contributed by atoms with Gasteiger partial charge in [0.05, 0.1) is 12.8 Å².